The van der Waals surface area contributed by atoms with E-state index in [-0.39, 0.29) is 10.9 Å². The molecular formula is C24H21N3O2. The van der Waals surface area contributed by atoms with E-state index in [0.717, 1.165) is 28.7 Å². The molecule has 5 aromatic rings. The normalized spacial score (nSPS) is 11.7. The van der Waals surface area contributed by atoms with Crippen molar-refractivity contribution in [2.75, 3.05) is 19.0 Å². The number of nitrogens with one attached hydrogen (secondary N) is 2. The van der Waals surface area contributed by atoms with Crippen molar-refractivity contribution >= 4 is 49.3 Å². The number of hydrogen-bond acceptors (Lipinski definition) is 3. The maximum atomic E-state index is 13.4. The highest BCUT2D eigenvalue weighted by Gasteiger charge is 2.14. The number of pyridine rings is 2. The Labute approximate surface area is 166 Å². The summed E-state index contributed by atoms with van der Waals surface area (Å²) in [6, 6.07) is 15.1. The van der Waals surface area contributed by atoms with E-state index in [2.05, 4.69) is 23.0 Å². The number of para-hydroxylation sites is 1. The predicted octanol–water partition coefficient (Wildman–Crippen LogP) is 4.30. The van der Waals surface area contributed by atoms with Crippen LogP contribution in [0.2, 0.25) is 0 Å². The Kier molecular flexibility index (Phi) is 3.74. The van der Waals surface area contributed by atoms with Crippen LogP contribution >= 0.6 is 0 Å². The molecule has 2 aromatic heterocycles. The Morgan fingerprint density at radius 2 is 1.41 bits per heavy atom. The molecule has 2 N–H and O–H groups in total. The zero-order valence-electron chi connectivity index (χ0n) is 16.6. The molecule has 0 aliphatic rings. The summed E-state index contributed by atoms with van der Waals surface area (Å²) < 4.78 is 0. The zero-order valence-corrected chi connectivity index (χ0v) is 16.6. The average molecular weight is 383 g/mol. The number of hydrogen-bond donors (Lipinski definition) is 2. The molecule has 0 radical (unpaired) electrons. The minimum atomic E-state index is -0.0338. The highest BCUT2D eigenvalue weighted by atomic mass is 16.1. The first-order valence-corrected chi connectivity index (χ1v) is 9.72. The predicted molar refractivity (Wildman–Crippen MR) is 121 cm³/mol. The van der Waals surface area contributed by atoms with Gasteiger partial charge in [-0.15, -0.1) is 0 Å². The Morgan fingerprint density at radius 1 is 0.759 bits per heavy atom. The van der Waals surface area contributed by atoms with Crippen molar-refractivity contribution in [3.63, 3.8) is 0 Å². The van der Waals surface area contributed by atoms with E-state index in [1.54, 1.807) is 12.1 Å². The number of aromatic nitrogens is 2. The summed E-state index contributed by atoms with van der Waals surface area (Å²) in [5.74, 6) is 0. The first-order valence-electron chi connectivity index (χ1n) is 9.72. The molecule has 0 fully saturated rings. The van der Waals surface area contributed by atoms with Crippen LogP contribution in [-0.4, -0.2) is 24.1 Å². The first-order chi connectivity index (χ1) is 14.0. The molecule has 144 valence electrons. The summed E-state index contributed by atoms with van der Waals surface area (Å²) in [6.07, 6.45) is 0.766. The van der Waals surface area contributed by atoms with Crippen molar-refractivity contribution in [3.8, 4) is 0 Å². The minimum absolute atomic E-state index is 0.00758. The first kappa shape index (κ1) is 17.5. The smallest absolute Gasteiger partial charge is 0.197 e. The fraction of sp³-hybridized carbons (Fsp3) is 0.167. The standard InChI is InChI=1S/C24H21N3O2/c1-4-13-9-14(27(2)3)10-21-22(13)24(29)17-12-19-16(11-20(17)26-21)23(28)15-7-5-6-8-18(15)25-19/h5-12H,4H2,1-3H3,(H,25,28)(H,26,29). The molecule has 0 saturated carbocycles. The van der Waals surface area contributed by atoms with Crippen molar-refractivity contribution in [2.24, 2.45) is 0 Å². The lowest BCUT2D eigenvalue weighted by Gasteiger charge is -2.16. The third-order valence-corrected chi connectivity index (χ3v) is 5.69. The van der Waals surface area contributed by atoms with Crippen LogP contribution in [-0.2, 0) is 6.42 Å². The number of rotatable bonds is 2. The molecule has 0 aliphatic heterocycles. The Hall–Kier alpha value is -3.60. The number of fused-ring (bicyclic) bond motifs is 4. The third-order valence-electron chi connectivity index (χ3n) is 5.69. The molecule has 0 saturated heterocycles. The largest absolute Gasteiger partial charge is 0.378 e. The second-order valence-corrected chi connectivity index (χ2v) is 7.67. The lowest BCUT2D eigenvalue weighted by Crippen LogP contribution is -2.12. The van der Waals surface area contributed by atoms with Gasteiger partial charge in [0.15, 0.2) is 10.9 Å². The number of H-pyrrole nitrogens is 2. The van der Waals surface area contributed by atoms with Gasteiger partial charge in [-0.1, -0.05) is 19.1 Å². The Morgan fingerprint density at radius 3 is 2.10 bits per heavy atom. The fourth-order valence-electron chi connectivity index (χ4n) is 4.13. The van der Waals surface area contributed by atoms with E-state index < -0.39 is 0 Å². The molecule has 0 unspecified atom stereocenters. The van der Waals surface area contributed by atoms with Gasteiger partial charge in [-0.05, 0) is 48.4 Å². The lowest BCUT2D eigenvalue weighted by molar-refractivity contribution is 1.11. The van der Waals surface area contributed by atoms with Crippen LogP contribution in [0.1, 0.15) is 12.5 Å². The van der Waals surface area contributed by atoms with Gasteiger partial charge < -0.3 is 14.9 Å². The van der Waals surface area contributed by atoms with Crippen LogP contribution in [0.3, 0.4) is 0 Å². The second-order valence-electron chi connectivity index (χ2n) is 7.67. The molecule has 3 aromatic carbocycles. The topological polar surface area (TPSA) is 69.0 Å². The minimum Gasteiger partial charge on any atom is -0.378 e. The maximum Gasteiger partial charge on any atom is 0.197 e. The molecule has 0 amide bonds. The summed E-state index contributed by atoms with van der Waals surface area (Å²) >= 11 is 0. The van der Waals surface area contributed by atoms with Gasteiger partial charge in [0.05, 0.1) is 16.6 Å². The van der Waals surface area contributed by atoms with Gasteiger partial charge in [-0.25, -0.2) is 0 Å². The summed E-state index contributed by atoms with van der Waals surface area (Å²) in [7, 11) is 3.97. The zero-order chi connectivity index (χ0) is 20.3. The van der Waals surface area contributed by atoms with Crippen LogP contribution in [0.15, 0.2) is 58.1 Å². The van der Waals surface area contributed by atoms with E-state index in [0.29, 0.717) is 32.6 Å². The van der Waals surface area contributed by atoms with Crippen LogP contribution in [0.4, 0.5) is 5.69 Å². The fourth-order valence-corrected chi connectivity index (χ4v) is 4.13. The molecule has 0 atom stereocenters. The van der Waals surface area contributed by atoms with Gasteiger partial charge >= 0.3 is 0 Å². The van der Waals surface area contributed by atoms with E-state index in [1.807, 2.05) is 49.3 Å². The molecule has 5 heteroatoms. The van der Waals surface area contributed by atoms with Crippen LogP contribution in [0.25, 0.3) is 43.6 Å². The Bertz CT molecular complexity index is 1560. The van der Waals surface area contributed by atoms with Gasteiger partial charge in [-0.2, -0.15) is 0 Å². The van der Waals surface area contributed by atoms with Crippen LogP contribution in [0.5, 0.6) is 0 Å². The monoisotopic (exact) mass is 383 g/mol. The van der Waals surface area contributed by atoms with Crippen LogP contribution in [0, 0.1) is 0 Å². The van der Waals surface area contributed by atoms with Crippen molar-refractivity contribution in [1.29, 1.82) is 0 Å². The molecule has 29 heavy (non-hydrogen) atoms. The number of benzene rings is 3. The van der Waals surface area contributed by atoms with E-state index >= 15 is 0 Å². The summed E-state index contributed by atoms with van der Waals surface area (Å²) in [4.78, 5) is 35.2. The van der Waals surface area contributed by atoms with Crippen molar-refractivity contribution in [1.82, 2.24) is 9.97 Å². The molecule has 0 bridgehead atoms. The van der Waals surface area contributed by atoms with Crippen molar-refractivity contribution in [2.45, 2.75) is 13.3 Å². The summed E-state index contributed by atoms with van der Waals surface area (Å²) in [5.41, 5.74) is 4.92. The maximum absolute atomic E-state index is 13.4. The van der Waals surface area contributed by atoms with Gasteiger partial charge in [0.25, 0.3) is 0 Å². The lowest BCUT2D eigenvalue weighted by atomic mass is 10.0. The average Bonchev–Trinajstić information content (AvgIpc) is 2.72. The third kappa shape index (κ3) is 2.54. The van der Waals surface area contributed by atoms with E-state index in [9.17, 15) is 9.59 Å². The number of aryl methyl sites for hydroxylation is 1. The van der Waals surface area contributed by atoms with Gasteiger partial charge in [0.1, 0.15) is 0 Å². The second kappa shape index (κ2) is 6.21. The van der Waals surface area contributed by atoms with Crippen LogP contribution < -0.4 is 15.8 Å². The molecule has 0 spiro atoms. The molecule has 5 rings (SSSR count). The number of nitrogens with zero attached hydrogens (tertiary/aromatic N) is 1. The van der Waals surface area contributed by atoms with E-state index in [1.165, 1.54) is 0 Å². The van der Waals surface area contributed by atoms with Gasteiger partial charge in [0.2, 0.25) is 0 Å². The van der Waals surface area contributed by atoms with Crippen molar-refractivity contribution < 1.29 is 0 Å². The van der Waals surface area contributed by atoms with Gasteiger partial charge in [-0.3, -0.25) is 9.59 Å². The number of anilines is 1. The Balaban J connectivity index is 1.96. The molecular weight excluding hydrogens is 362 g/mol. The highest BCUT2D eigenvalue weighted by molar-refractivity contribution is 6.03. The molecule has 5 nitrogen and oxygen atoms in total. The number of aromatic amines is 2. The SMILES string of the molecule is CCc1cc(N(C)C)cc2[nH]c3cc4c(=O)c5ccccc5[nH]c4cc3c(=O)c12. The van der Waals surface area contributed by atoms with E-state index in [4.69, 9.17) is 0 Å². The van der Waals surface area contributed by atoms with Gasteiger partial charge in [0, 0.05) is 46.8 Å². The highest BCUT2D eigenvalue weighted by Crippen LogP contribution is 2.26. The summed E-state index contributed by atoms with van der Waals surface area (Å²) in [5, 5.41) is 2.52. The van der Waals surface area contributed by atoms with Crippen molar-refractivity contribution in [3.05, 3.63) is 74.5 Å². The molecule has 2 heterocycles. The summed E-state index contributed by atoms with van der Waals surface area (Å²) in [6.45, 7) is 2.06. The molecule has 0 aliphatic carbocycles. The quantitative estimate of drug-likeness (QED) is 0.447.